The van der Waals surface area contributed by atoms with Crippen LogP contribution in [0, 0.1) is 21.4 Å². The molecular formula is C9H5N5O2. The van der Waals surface area contributed by atoms with Crippen LogP contribution in [0.3, 0.4) is 0 Å². The zero-order chi connectivity index (χ0) is 11.5. The molecule has 0 spiro atoms. The second-order valence-corrected chi connectivity index (χ2v) is 2.89. The Kier molecular flexibility index (Phi) is 2.31. The molecule has 0 amide bonds. The van der Waals surface area contributed by atoms with Crippen LogP contribution in [0.5, 0.6) is 0 Å². The van der Waals surface area contributed by atoms with Crippen molar-refractivity contribution in [3.05, 3.63) is 46.4 Å². The van der Waals surface area contributed by atoms with Crippen molar-refractivity contribution in [2.75, 3.05) is 0 Å². The van der Waals surface area contributed by atoms with E-state index in [1.54, 1.807) is 12.1 Å². The molecule has 2 rings (SSSR count). The zero-order valence-electron chi connectivity index (χ0n) is 7.94. The molecule has 0 unspecified atom stereocenters. The van der Waals surface area contributed by atoms with Gasteiger partial charge in [-0.25, -0.2) is 9.67 Å². The number of rotatable bonds is 2. The minimum absolute atomic E-state index is 0.144. The average molecular weight is 215 g/mol. The van der Waals surface area contributed by atoms with Gasteiger partial charge in [-0.3, -0.25) is 10.1 Å². The first-order chi connectivity index (χ1) is 7.72. The smallest absolute Gasteiger partial charge is 0.258 e. The number of aromatic nitrogens is 3. The molecule has 7 nitrogen and oxygen atoms in total. The lowest BCUT2D eigenvalue weighted by atomic mass is 10.3. The molecule has 0 aliphatic carbocycles. The van der Waals surface area contributed by atoms with Crippen LogP contribution in [0.2, 0.25) is 0 Å². The van der Waals surface area contributed by atoms with E-state index < -0.39 is 4.92 Å². The molecule has 2 heterocycles. The van der Waals surface area contributed by atoms with Gasteiger partial charge in [0.2, 0.25) is 0 Å². The monoisotopic (exact) mass is 215 g/mol. The summed E-state index contributed by atoms with van der Waals surface area (Å²) in [5, 5.41) is 23.1. The third-order valence-electron chi connectivity index (χ3n) is 1.90. The molecule has 0 aliphatic rings. The van der Waals surface area contributed by atoms with E-state index in [1.807, 2.05) is 6.07 Å². The van der Waals surface area contributed by atoms with E-state index in [4.69, 9.17) is 5.26 Å². The van der Waals surface area contributed by atoms with E-state index in [-0.39, 0.29) is 11.5 Å². The fraction of sp³-hybridized carbons (Fsp3) is 0. The van der Waals surface area contributed by atoms with Gasteiger partial charge in [-0.2, -0.15) is 10.4 Å². The van der Waals surface area contributed by atoms with Gasteiger partial charge in [0.1, 0.15) is 18.5 Å². The highest BCUT2D eigenvalue weighted by Crippen LogP contribution is 2.14. The highest BCUT2D eigenvalue weighted by atomic mass is 16.6. The molecule has 0 fully saturated rings. The van der Waals surface area contributed by atoms with Crippen molar-refractivity contribution in [1.29, 1.82) is 5.26 Å². The fourth-order valence-corrected chi connectivity index (χ4v) is 1.19. The van der Waals surface area contributed by atoms with Crippen molar-refractivity contribution in [3.8, 4) is 11.9 Å². The Morgan fingerprint density at radius 1 is 1.56 bits per heavy atom. The highest BCUT2D eigenvalue weighted by Gasteiger charge is 2.12. The van der Waals surface area contributed by atoms with Crippen LogP contribution in [0.25, 0.3) is 5.82 Å². The van der Waals surface area contributed by atoms with Crippen LogP contribution in [0.4, 0.5) is 5.69 Å². The molecule has 0 atom stereocenters. The number of hydrogen-bond acceptors (Lipinski definition) is 5. The quantitative estimate of drug-likeness (QED) is 0.550. The molecule has 0 aliphatic heterocycles. The third kappa shape index (κ3) is 1.59. The molecule has 0 radical (unpaired) electrons. The van der Waals surface area contributed by atoms with Crippen LogP contribution in [-0.2, 0) is 0 Å². The number of pyridine rings is 1. The van der Waals surface area contributed by atoms with Gasteiger partial charge >= 0.3 is 5.69 Å². The standard InChI is InChI=1S/C9H5N5O2/c10-4-7-2-1-3-11-9(7)13-6-8(5-12-13)14(15)16/h1-3,5-6H. The third-order valence-corrected chi connectivity index (χ3v) is 1.90. The summed E-state index contributed by atoms with van der Waals surface area (Å²) in [6.07, 6.45) is 3.81. The van der Waals surface area contributed by atoms with Crippen LogP contribution in [0.1, 0.15) is 5.56 Å². The Bertz CT molecular complexity index is 584. The van der Waals surface area contributed by atoms with Gasteiger partial charge in [0.25, 0.3) is 0 Å². The van der Waals surface area contributed by atoms with Crippen molar-refractivity contribution < 1.29 is 4.92 Å². The lowest BCUT2D eigenvalue weighted by Crippen LogP contribution is -2.00. The van der Waals surface area contributed by atoms with Gasteiger partial charge in [-0.15, -0.1) is 0 Å². The van der Waals surface area contributed by atoms with Crippen molar-refractivity contribution in [2.24, 2.45) is 0 Å². The topological polar surface area (TPSA) is 97.6 Å². The minimum Gasteiger partial charge on any atom is -0.258 e. The first-order valence-electron chi connectivity index (χ1n) is 4.27. The zero-order valence-corrected chi connectivity index (χ0v) is 7.94. The number of nitrogens with zero attached hydrogens (tertiary/aromatic N) is 5. The second-order valence-electron chi connectivity index (χ2n) is 2.89. The maximum absolute atomic E-state index is 10.5. The number of nitro groups is 1. The van der Waals surface area contributed by atoms with E-state index in [0.29, 0.717) is 5.56 Å². The van der Waals surface area contributed by atoms with Crippen molar-refractivity contribution in [3.63, 3.8) is 0 Å². The van der Waals surface area contributed by atoms with E-state index >= 15 is 0 Å². The van der Waals surface area contributed by atoms with Crippen LogP contribution >= 0.6 is 0 Å². The minimum atomic E-state index is -0.557. The second kappa shape index (κ2) is 3.78. The Labute approximate surface area is 89.7 Å². The lowest BCUT2D eigenvalue weighted by molar-refractivity contribution is -0.384. The summed E-state index contributed by atoms with van der Waals surface area (Å²) in [6.45, 7) is 0. The van der Waals surface area contributed by atoms with Gasteiger partial charge < -0.3 is 0 Å². The van der Waals surface area contributed by atoms with Crippen LogP contribution < -0.4 is 0 Å². The summed E-state index contributed by atoms with van der Waals surface area (Å²) in [6, 6.07) is 5.12. The van der Waals surface area contributed by atoms with E-state index in [0.717, 1.165) is 6.20 Å². The molecule has 0 saturated carbocycles. The molecule has 78 valence electrons. The molecule has 2 aromatic heterocycles. The van der Waals surface area contributed by atoms with Crippen molar-refractivity contribution >= 4 is 5.69 Å². The Hall–Kier alpha value is -2.75. The van der Waals surface area contributed by atoms with E-state index in [2.05, 4.69) is 10.1 Å². The summed E-state index contributed by atoms with van der Waals surface area (Å²) in [5.41, 5.74) is 0.162. The fourth-order valence-electron chi connectivity index (χ4n) is 1.19. The number of hydrogen-bond donors (Lipinski definition) is 0. The molecular weight excluding hydrogens is 210 g/mol. The Balaban J connectivity index is 2.51. The van der Waals surface area contributed by atoms with Crippen LogP contribution in [0.15, 0.2) is 30.7 Å². The summed E-state index contributed by atoms with van der Waals surface area (Å²) in [7, 11) is 0. The first kappa shape index (κ1) is 9.79. The SMILES string of the molecule is N#Cc1cccnc1-n1cc([N+](=O)[O-])cn1. The number of nitriles is 1. The highest BCUT2D eigenvalue weighted by molar-refractivity contribution is 5.43. The summed E-state index contributed by atoms with van der Waals surface area (Å²) >= 11 is 0. The first-order valence-corrected chi connectivity index (χ1v) is 4.27. The lowest BCUT2D eigenvalue weighted by Gasteiger charge is -1.99. The predicted molar refractivity (Wildman–Crippen MR) is 52.7 cm³/mol. The van der Waals surface area contributed by atoms with Gasteiger partial charge in [0.05, 0.1) is 10.5 Å². The Morgan fingerprint density at radius 2 is 2.38 bits per heavy atom. The molecule has 2 aromatic rings. The normalized spacial score (nSPS) is 9.69. The van der Waals surface area contributed by atoms with Gasteiger partial charge in [0.15, 0.2) is 5.82 Å². The average Bonchev–Trinajstić information content (AvgIpc) is 2.78. The van der Waals surface area contributed by atoms with E-state index in [9.17, 15) is 10.1 Å². The molecule has 16 heavy (non-hydrogen) atoms. The van der Waals surface area contributed by atoms with Crippen molar-refractivity contribution in [1.82, 2.24) is 14.8 Å². The van der Waals surface area contributed by atoms with Crippen molar-refractivity contribution in [2.45, 2.75) is 0 Å². The predicted octanol–water partition coefficient (Wildman–Crippen LogP) is 1.05. The molecule has 0 aromatic carbocycles. The summed E-state index contributed by atoms with van der Waals surface area (Å²) in [4.78, 5) is 13.9. The van der Waals surface area contributed by atoms with Gasteiger partial charge in [0, 0.05) is 6.20 Å². The molecule has 7 heteroatoms. The Morgan fingerprint density at radius 3 is 3.00 bits per heavy atom. The van der Waals surface area contributed by atoms with E-state index in [1.165, 1.54) is 17.1 Å². The van der Waals surface area contributed by atoms with Gasteiger partial charge in [-0.1, -0.05) is 0 Å². The molecule has 0 N–H and O–H groups in total. The molecule has 0 bridgehead atoms. The summed E-state index contributed by atoms with van der Waals surface area (Å²) < 4.78 is 1.21. The van der Waals surface area contributed by atoms with Gasteiger partial charge in [-0.05, 0) is 12.1 Å². The summed E-state index contributed by atoms with van der Waals surface area (Å²) in [5.74, 6) is 0.276. The molecule has 0 saturated heterocycles. The van der Waals surface area contributed by atoms with Crippen LogP contribution in [-0.4, -0.2) is 19.7 Å². The largest absolute Gasteiger partial charge is 0.307 e. The maximum atomic E-state index is 10.5. The maximum Gasteiger partial charge on any atom is 0.307 e.